The molecule has 3 heteroatoms. The highest BCUT2D eigenvalue weighted by Crippen LogP contribution is 2.53. The van der Waals surface area contributed by atoms with E-state index in [9.17, 15) is 0 Å². The summed E-state index contributed by atoms with van der Waals surface area (Å²) in [6, 6.07) is 94.0. The molecule has 0 saturated carbocycles. The van der Waals surface area contributed by atoms with Gasteiger partial charge >= 0.3 is 0 Å². The van der Waals surface area contributed by atoms with Crippen LogP contribution in [0, 0.1) is 0 Å². The molecule has 13 rings (SSSR count). The van der Waals surface area contributed by atoms with Crippen LogP contribution in [0.2, 0.25) is 0 Å². The molecule has 0 bridgehead atoms. The lowest BCUT2D eigenvalue weighted by Crippen LogP contribution is -2.14. The molecule has 0 fully saturated rings. The van der Waals surface area contributed by atoms with Gasteiger partial charge in [-0.25, -0.2) is 0 Å². The second-order valence-electron chi connectivity index (χ2n) is 17.6. The first kappa shape index (κ1) is 40.1. The van der Waals surface area contributed by atoms with E-state index in [1.807, 2.05) is 6.07 Å². The number of aromatic nitrogens is 1. The van der Waals surface area contributed by atoms with E-state index in [1.165, 1.54) is 27.5 Å². The zero-order valence-electron chi connectivity index (χ0n) is 37.7. The Kier molecular flexibility index (Phi) is 9.84. The summed E-state index contributed by atoms with van der Waals surface area (Å²) in [6.45, 7) is 0. The molecule has 0 aliphatic rings. The number of aromatic amines is 1. The number of hydrogen-bond acceptors (Lipinski definition) is 2. The number of para-hydroxylation sites is 5. The first-order valence-electron chi connectivity index (χ1n) is 23.6. The maximum Gasteiger partial charge on any atom is 0.136 e. The topological polar surface area (TPSA) is 32.2 Å². The van der Waals surface area contributed by atoms with E-state index in [4.69, 9.17) is 4.42 Å². The van der Waals surface area contributed by atoms with Crippen molar-refractivity contribution >= 4 is 60.8 Å². The van der Waals surface area contributed by atoms with Crippen LogP contribution >= 0.6 is 0 Å². The Balaban J connectivity index is 1.14. The molecule has 1 N–H and O–H groups in total. The molecule has 0 spiro atoms. The average molecular weight is 881 g/mol. The largest absolute Gasteiger partial charge is 0.456 e. The van der Waals surface area contributed by atoms with Crippen molar-refractivity contribution in [2.75, 3.05) is 4.90 Å². The van der Waals surface area contributed by atoms with Gasteiger partial charge < -0.3 is 14.3 Å². The van der Waals surface area contributed by atoms with E-state index in [1.54, 1.807) is 0 Å². The first-order chi connectivity index (χ1) is 34.3. The number of hydrogen-bond donors (Lipinski definition) is 1. The number of rotatable bonds is 9. The molecular formula is C66H44N2O. The summed E-state index contributed by atoms with van der Waals surface area (Å²) in [4.78, 5) is 6.42. The van der Waals surface area contributed by atoms with Gasteiger partial charge in [-0.3, -0.25) is 0 Å². The Labute approximate surface area is 400 Å². The van der Waals surface area contributed by atoms with Gasteiger partial charge in [-0.15, -0.1) is 0 Å². The Bertz CT molecular complexity index is 4030. The molecule has 0 radical (unpaired) electrons. The van der Waals surface area contributed by atoms with Gasteiger partial charge in [0, 0.05) is 49.3 Å². The maximum atomic E-state index is 6.55. The van der Waals surface area contributed by atoms with Gasteiger partial charge in [-0.05, 0) is 80.9 Å². The number of furan rings is 1. The standard InChI is InChI=1S/C66H44N2O/c1-3-22-44(23-4-1)46-26-7-8-27-48(46)49-28-9-10-29-50(49)52-31-12-16-39-59(52)68(60-40-17-13-32-53(60)54-35-21-43-63-65(54)56-33-14-18-42-62(56)69-63)61-41-20-34-47(45-24-5-2-6-25-45)64(61)57-37-19-36-55-51-30-11-15-38-58(51)67-66(55)57/h1-43,67H. The van der Waals surface area contributed by atoms with E-state index in [0.29, 0.717) is 0 Å². The molecule has 11 aromatic carbocycles. The quantitative estimate of drug-likeness (QED) is 0.157. The normalized spacial score (nSPS) is 11.5. The van der Waals surface area contributed by atoms with Crippen molar-refractivity contribution in [1.29, 1.82) is 0 Å². The fourth-order valence-electron chi connectivity index (χ4n) is 10.7. The summed E-state index contributed by atoms with van der Waals surface area (Å²) >= 11 is 0. The van der Waals surface area contributed by atoms with Crippen molar-refractivity contribution in [3.05, 3.63) is 261 Å². The van der Waals surface area contributed by atoms with Crippen LogP contribution in [0.1, 0.15) is 0 Å². The third kappa shape index (κ3) is 6.82. The van der Waals surface area contributed by atoms with Crippen molar-refractivity contribution in [2.24, 2.45) is 0 Å². The van der Waals surface area contributed by atoms with Gasteiger partial charge in [-0.1, -0.05) is 224 Å². The van der Waals surface area contributed by atoms with Gasteiger partial charge in [-0.2, -0.15) is 0 Å². The number of nitrogens with one attached hydrogen (secondary N) is 1. The van der Waals surface area contributed by atoms with Crippen LogP contribution in [-0.4, -0.2) is 4.98 Å². The highest BCUT2D eigenvalue weighted by atomic mass is 16.3. The van der Waals surface area contributed by atoms with Gasteiger partial charge in [0.2, 0.25) is 0 Å². The molecule has 324 valence electrons. The molecule has 0 saturated heterocycles. The van der Waals surface area contributed by atoms with Crippen LogP contribution in [0.3, 0.4) is 0 Å². The number of anilines is 3. The van der Waals surface area contributed by atoms with Crippen LogP contribution < -0.4 is 4.90 Å². The third-order valence-corrected chi connectivity index (χ3v) is 13.7. The van der Waals surface area contributed by atoms with E-state index < -0.39 is 0 Å². The lowest BCUT2D eigenvalue weighted by molar-refractivity contribution is 0.669. The van der Waals surface area contributed by atoms with Crippen LogP contribution in [-0.2, 0) is 0 Å². The van der Waals surface area contributed by atoms with E-state index in [2.05, 4.69) is 265 Å². The second-order valence-corrected chi connectivity index (χ2v) is 17.6. The first-order valence-corrected chi connectivity index (χ1v) is 23.6. The summed E-state index contributed by atoms with van der Waals surface area (Å²) in [7, 11) is 0. The zero-order chi connectivity index (χ0) is 45.7. The van der Waals surface area contributed by atoms with Crippen molar-refractivity contribution in [2.45, 2.75) is 0 Å². The van der Waals surface area contributed by atoms with Gasteiger partial charge in [0.25, 0.3) is 0 Å². The number of benzene rings is 11. The predicted octanol–water partition coefficient (Wildman–Crippen LogP) is 18.7. The smallest absolute Gasteiger partial charge is 0.136 e. The third-order valence-electron chi connectivity index (χ3n) is 13.7. The fraction of sp³-hybridized carbons (Fsp3) is 0. The molecular weight excluding hydrogens is 837 g/mol. The molecule has 0 aliphatic heterocycles. The molecule has 3 nitrogen and oxygen atoms in total. The SMILES string of the molecule is c1ccc(-c2ccccc2-c2ccccc2-c2ccccc2N(c2ccccc2-c2cccc3oc4ccccc4c23)c2cccc(-c3ccccc3)c2-c2cccc3c2[nH]c2ccccc23)cc1. The van der Waals surface area contributed by atoms with Crippen molar-refractivity contribution in [1.82, 2.24) is 4.98 Å². The monoisotopic (exact) mass is 880 g/mol. The summed E-state index contributed by atoms with van der Waals surface area (Å²) in [6.07, 6.45) is 0. The van der Waals surface area contributed by atoms with Crippen LogP contribution in [0.5, 0.6) is 0 Å². The minimum Gasteiger partial charge on any atom is -0.456 e. The van der Waals surface area contributed by atoms with Crippen LogP contribution in [0.15, 0.2) is 265 Å². The molecule has 69 heavy (non-hydrogen) atoms. The summed E-state index contributed by atoms with van der Waals surface area (Å²) < 4.78 is 6.55. The predicted molar refractivity (Wildman–Crippen MR) is 290 cm³/mol. The summed E-state index contributed by atoms with van der Waals surface area (Å²) in [5.41, 5.74) is 20.8. The Morgan fingerprint density at radius 3 is 1.43 bits per heavy atom. The Morgan fingerprint density at radius 1 is 0.275 bits per heavy atom. The Hall–Kier alpha value is -9.18. The highest BCUT2D eigenvalue weighted by Gasteiger charge is 2.28. The molecule has 0 aliphatic carbocycles. The molecule has 13 aromatic rings. The van der Waals surface area contributed by atoms with E-state index >= 15 is 0 Å². The number of nitrogens with zero attached hydrogens (tertiary/aromatic N) is 1. The van der Waals surface area contributed by atoms with Crippen LogP contribution in [0.4, 0.5) is 17.1 Å². The van der Waals surface area contributed by atoms with E-state index in [-0.39, 0.29) is 0 Å². The van der Waals surface area contributed by atoms with Gasteiger partial charge in [0.05, 0.1) is 22.6 Å². The maximum absolute atomic E-state index is 6.55. The fourth-order valence-corrected chi connectivity index (χ4v) is 10.7. The Morgan fingerprint density at radius 2 is 0.710 bits per heavy atom. The minimum absolute atomic E-state index is 0.860. The summed E-state index contributed by atoms with van der Waals surface area (Å²) in [5, 5.41) is 4.58. The lowest BCUT2D eigenvalue weighted by Gasteiger charge is -2.33. The molecule has 2 heterocycles. The molecule has 2 aromatic heterocycles. The number of H-pyrrole nitrogens is 1. The van der Waals surface area contributed by atoms with E-state index in [0.717, 1.165) is 100 Å². The number of fused-ring (bicyclic) bond motifs is 6. The van der Waals surface area contributed by atoms with Crippen molar-refractivity contribution < 1.29 is 4.42 Å². The van der Waals surface area contributed by atoms with Crippen LogP contribution in [0.25, 0.3) is 111 Å². The van der Waals surface area contributed by atoms with Gasteiger partial charge in [0.15, 0.2) is 0 Å². The van der Waals surface area contributed by atoms with Crippen molar-refractivity contribution in [3.8, 4) is 66.8 Å². The molecule has 0 atom stereocenters. The highest BCUT2D eigenvalue weighted by molar-refractivity contribution is 6.17. The van der Waals surface area contributed by atoms with Gasteiger partial charge in [0.1, 0.15) is 11.2 Å². The molecule has 0 unspecified atom stereocenters. The average Bonchev–Trinajstić information content (AvgIpc) is 4.01. The summed E-state index contributed by atoms with van der Waals surface area (Å²) in [5.74, 6) is 0. The molecule has 0 amide bonds. The second kappa shape index (κ2) is 16.9. The lowest BCUT2D eigenvalue weighted by atomic mass is 9.87. The minimum atomic E-state index is 0.860. The zero-order valence-corrected chi connectivity index (χ0v) is 37.7. The van der Waals surface area contributed by atoms with Crippen molar-refractivity contribution in [3.63, 3.8) is 0 Å².